The predicted molar refractivity (Wildman–Crippen MR) is 126 cm³/mol. The maximum atomic E-state index is 12.3. The summed E-state index contributed by atoms with van der Waals surface area (Å²) in [5.41, 5.74) is 6.48. The van der Waals surface area contributed by atoms with Crippen molar-refractivity contribution in [1.82, 2.24) is 15.9 Å². The zero-order chi connectivity index (χ0) is 23.6. The molecule has 174 valence electrons. The lowest BCUT2D eigenvalue weighted by Gasteiger charge is -2.12. The minimum Gasteiger partial charge on any atom is -0.492 e. The number of hydrogen-bond donors (Lipinski definition) is 2. The van der Waals surface area contributed by atoms with Gasteiger partial charge in [0, 0.05) is 30.7 Å². The number of amides is 3. The zero-order valence-corrected chi connectivity index (χ0v) is 19.4. The molecule has 1 aliphatic heterocycles. The van der Waals surface area contributed by atoms with Crippen LogP contribution in [0.1, 0.15) is 37.7 Å². The van der Waals surface area contributed by atoms with Crippen LogP contribution in [0.2, 0.25) is 10.0 Å². The first-order chi connectivity index (χ1) is 15.9. The minimum atomic E-state index is -0.452. The maximum Gasteiger partial charge on any atom is 0.243 e. The Morgan fingerprint density at radius 3 is 2.42 bits per heavy atom. The minimum absolute atomic E-state index is 0.00294. The fourth-order valence-corrected chi connectivity index (χ4v) is 3.55. The van der Waals surface area contributed by atoms with E-state index >= 15 is 0 Å². The molecule has 2 aromatic carbocycles. The molecule has 3 amide bonds. The van der Waals surface area contributed by atoms with E-state index in [1.807, 2.05) is 30.3 Å². The third-order valence-electron chi connectivity index (χ3n) is 4.80. The molecular weight excluding hydrogens is 467 g/mol. The highest BCUT2D eigenvalue weighted by Gasteiger charge is 2.22. The molecule has 0 aromatic heterocycles. The lowest BCUT2D eigenvalue weighted by atomic mass is 10.1. The van der Waals surface area contributed by atoms with Crippen molar-refractivity contribution in [3.8, 4) is 5.75 Å². The largest absolute Gasteiger partial charge is 0.492 e. The normalized spacial score (nSPS) is 12.8. The van der Waals surface area contributed by atoms with Crippen LogP contribution in [0.3, 0.4) is 0 Å². The van der Waals surface area contributed by atoms with Crippen molar-refractivity contribution >= 4 is 46.6 Å². The molecule has 0 saturated carbocycles. The van der Waals surface area contributed by atoms with Crippen LogP contribution in [0.5, 0.6) is 5.75 Å². The number of halogens is 2. The van der Waals surface area contributed by atoms with Gasteiger partial charge < -0.3 is 4.74 Å². The highest BCUT2D eigenvalue weighted by molar-refractivity contribution is 6.35. The van der Waals surface area contributed by atoms with E-state index in [-0.39, 0.29) is 37.7 Å². The van der Waals surface area contributed by atoms with E-state index < -0.39 is 5.91 Å². The fraction of sp³-hybridized carbons (Fsp3) is 0.304. The Labute approximate surface area is 201 Å². The van der Waals surface area contributed by atoms with Gasteiger partial charge in [0.1, 0.15) is 5.75 Å². The highest BCUT2D eigenvalue weighted by Crippen LogP contribution is 2.27. The van der Waals surface area contributed by atoms with Crippen LogP contribution in [-0.2, 0) is 14.4 Å². The standard InChI is InChI=1S/C23H24Cl2N4O4/c24-17-8-9-20(18(25)15-17)33-14-4-7-21(30)26-27-22(31)10-11-23(32)29-13-12-19(28-29)16-5-2-1-3-6-16/h1-3,5-6,8-9,15H,4,7,10-14H2,(H,26,30)(H,27,31). The van der Waals surface area contributed by atoms with Crippen LogP contribution < -0.4 is 15.6 Å². The van der Waals surface area contributed by atoms with E-state index in [0.717, 1.165) is 11.3 Å². The highest BCUT2D eigenvalue weighted by atomic mass is 35.5. The van der Waals surface area contributed by atoms with Gasteiger partial charge in [0.15, 0.2) is 0 Å². The molecule has 1 heterocycles. The van der Waals surface area contributed by atoms with E-state index in [2.05, 4.69) is 16.0 Å². The van der Waals surface area contributed by atoms with Gasteiger partial charge in [-0.25, -0.2) is 5.01 Å². The molecular formula is C23H24Cl2N4O4. The third kappa shape index (κ3) is 7.76. The third-order valence-corrected chi connectivity index (χ3v) is 5.33. The summed E-state index contributed by atoms with van der Waals surface area (Å²) in [5.74, 6) is -0.567. The van der Waals surface area contributed by atoms with Gasteiger partial charge in [0.05, 0.1) is 23.9 Å². The van der Waals surface area contributed by atoms with Crippen molar-refractivity contribution < 1.29 is 19.1 Å². The molecule has 0 spiro atoms. The molecule has 0 atom stereocenters. The van der Waals surface area contributed by atoms with Gasteiger partial charge in [-0.1, -0.05) is 53.5 Å². The maximum absolute atomic E-state index is 12.3. The zero-order valence-electron chi connectivity index (χ0n) is 17.9. The smallest absolute Gasteiger partial charge is 0.243 e. The number of nitrogens with one attached hydrogen (secondary N) is 2. The molecule has 10 heteroatoms. The van der Waals surface area contributed by atoms with Crippen LogP contribution >= 0.6 is 23.2 Å². The van der Waals surface area contributed by atoms with Gasteiger partial charge in [-0.3, -0.25) is 25.2 Å². The van der Waals surface area contributed by atoms with E-state index in [1.54, 1.807) is 18.2 Å². The molecule has 0 bridgehead atoms. The lowest BCUT2D eigenvalue weighted by molar-refractivity contribution is -0.134. The first-order valence-electron chi connectivity index (χ1n) is 10.5. The van der Waals surface area contributed by atoms with Crippen LogP contribution in [0, 0.1) is 0 Å². The first-order valence-corrected chi connectivity index (χ1v) is 11.3. The molecule has 3 rings (SSSR count). The second-order valence-electron chi connectivity index (χ2n) is 7.30. The summed E-state index contributed by atoms with van der Waals surface area (Å²) in [4.78, 5) is 36.1. The average Bonchev–Trinajstić information content (AvgIpc) is 3.31. The van der Waals surface area contributed by atoms with Gasteiger partial charge in [-0.05, 0) is 30.2 Å². The average molecular weight is 491 g/mol. The number of hydrogen-bond acceptors (Lipinski definition) is 5. The van der Waals surface area contributed by atoms with E-state index in [0.29, 0.717) is 35.2 Å². The SMILES string of the molecule is O=C(CCCOc1ccc(Cl)cc1Cl)NNC(=O)CCC(=O)N1CCC(c2ccccc2)=N1. The molecule has 0 saturated heterocycles. The van der Waals surface area contributed by atoms with Crippen LogP contribution in [-0.4, -0.2) is 41.6 Å². The molecule has 2 N–H and O–H groups in total. The Hall–Kier alpha value is -3.10. The number of carbonyl (C=O) groups is 3. The Morgan fingerprint density at radius 1 is 0.970 bits per heavy atom. The summed E-state index contributed by atoms with van der Waals surface area (Å²) in [6.07, 6.45) is 1.20. The number of carbonyl (C=O) groups excluding carboxylic acids is 3. The van der Waals surface area contributed by atoms with E-state index in [9.17, 15) is 14.4 Å². The van der Waals surface area contributed by atoms with Gasteiger partial charge in [-0.15, -0.1) is 0 Å². The Kier molecular flexibility index (Phi) is 9.09. The number of ether oxygens (including phenoxy) is 1. The lowest BCUT2D eigenvalue weighted by Crippen LogP contribution is -2.42. The van der Waals surface area contributed by atoms with Crippen molar-refractivity contribution in [2.45, 2.75) is 32.1 Å². The number of nitrogens with zero attached hydrogens (tertiary/aromatic N) is 2. The molecule has 0 unspecified atom stereocenters. The second-order valence-corrected chi connectivity index (χ2v) is 8.15. The molecule has 0 radical (unpaired) electrons. The summed E-state index contributed by atoms with van der Waals surface area (Å²) in [6, 6.07) is 14.5. The predicted octanol–water partition coefficient (Wildman–Crippen LogP) is 3.72. The van der Waals surface area contributed by atoms with Crippen LogP contribution in [0.4, 0.5) is 0 Å². The van der Waals surface area contributed by atoms with Gasteiger partial charge in [0.25, 0.3) is 0 Å². The second kappa shape index (κ2) is 12.2. The van der Waals surface area contributed by atoms with Crippen molar-refractivity contribution in [1.29, 1.82) is 0 Å². The van der Waals surface area contributed by atoms with Crippen molar-refractivity contribution in [3.63, 3.8) is 0 Å². The Balaban J connectivity index is 1.29. The van der Waals surface area contributed by atoms with E-state index in [4.69, 9.17) is 27.9 Å². The number of benzene rings is 2. The van der Waals surface area contributed by atoms with Crippen molar-refractivity contribution in [3.05, 3.63) is 64.1 Å². The van der Waals surface area contributed by atoms with Gasteiger partial charge in [0.2, 0.25) is 17.7 Å². The summed E-state index contributed by atoms with van der Waals surface area (Å²) in [6.45, 7) is 0.767. The summed E-state index contributed by atoms with van der Waals surface area (Å²) in [7, 11) is 0. The topological polar surface area (TPSA) is 100 Å². The number of hydrazine groups is 1. The van der Waals surface area contributed by atoms with Gasteiger partial charge in [-0.2, -0.15) is 5.10 Å². The summed E-state index contributed by atoms with van der Waals surface area (Å²) >= 11 is 11.8. The Morgan fingerprint density at radius 2 is 1.70 bits per heavy atom. The number of rotatable bonds is 9. The van der Waals surface area contributed by atoms with E-state index in [1.165, 1.54) is 5.01 Å². The molecule has 2 aromatic rings. The molecule has 8 nitrogen and oxygen atoms in total. The quantitative estimate of drug-likeness (QED) is 0.413. The first kappa shape index (κ1) is 24.5. The van der Waals surface area contributed by atoms with Gasteiger partial charge >= 0.3 is 0 Å². The van der Waals surface area contributed by atoms with Crippen molar-refractivity contribution in [2.75, 3.05) is 13.2 Å². The van der Waals surface area contributed by atoms with Crippen LogP contribution in [0.25, 0.3) is 0 Å². The summed E-state index contributed by atoms with van der Waals surface area (Å²) < 4.78 is 5.51. The Bertz CT molecular complexity index is 1030. The molecule has 0 fully saturated rings. The van der Waals surface area contributed by atoms with Crippen molar-refractivity contribution in [2.24, 2.45) is 5.10 Å². The molecule has 0 aliphatic carbocycles. The molecule has 33 heavy (non-hydrogen) atoms. The molecule has 1 aliphatic rings. The van der Waals surface area contributed by atoms with Crippen LogP contribution in [0.15, 0.2) is 53.6 Å². The fourth-order valence-electron chi connectivity index (χ4n) is 3.09. The number of hydrazone groups is 1. The monoisotopic (exact) mass is 490 g/mol. The summed E-state index contributed by atoms with van der Waals surface area (Å²) in [5, 5.41) is 6.65.